The predicted octanol–water partition coefficient (Wildman–Crippen LogP) is 2.89. The number of nitriles is 1. The minimum absolute atomic E-state index is 0.00836. The lowest BCUT2D eigenvalue weighted by Gasteiger charge is -2.10. The number of carbonyl (C=O) groups excluding carboxylic acids is 1. The molecule has 4 rings (SSSR count). The molecule has 2 aromatic carbocycles. The highest BCUT2D eigenvalue weighted by molar-refractivity contribution is 5.96. The molecule has 29 heavy (non-hydrogen) atoms. The summed E-state index contributed by atoms with van der Waals surface area (Å²) in [7, 11) is 0. The van der Waals surface area contributed by atoms with Crippen molar-refractivity contribution in [2.75, 3.05) is 0 Å². The molecule has 144 valence electrons. The second kappa shape index (κ2) is 7.60. The van der Waals surface area contributed by atoms with E-state index in [1.165, 1.54) is 10.8 Å². The summed E-state index contributed by atoms with van der Waals surface area (Å²) < 4.78 is 7.91. The Morgan fingerprint density at radius 3 is 2.31 bits per heavy atom. The molecule has 7 heteroatoms. The Morgan fingerprint density at radius 2 is 1.69 bits per heavy atom. The zero-order valence-corrected chi connectivity index (χ0v) is 15.4. The van der Waals surface area contributed by atoms with E-state index in [9.17, 15) is 19.6 Å². The third-order valence-electron chi connectivity index (χ3n) is 4.71. The van der Waals surface area contributed by atoms with Crippen LogP contribution in [-0.2, 0) is 6.54 Å². The maximum atomic E-state index is 12.7. The van der Waals surface area contributed by atoms with Crippen LogP contribution >= 0.6 is 0 Å². The largest absolute Gasteiger partial charge is 0.457 e. The van der Waals surface area contributed by atoms with Crippen molar-refractivity contribution in [3.05, 3.63) is 92.8 Å². The lowest BCUT2D eigenvalue weighted by atomic mass is 10.1. The van der Waals surface area contributed by atoms with Gasteiger partial charge in [-0.1, -0.05) is 18.2 Å². The zero-order valence-electron chi connectivity index (χ0n) is 15.4. The molecule has 0 saturated heterocycles. The van der Waals surface area contributed by atoms with Crippen molar-refractivity contribution in [2.24, 2.45) is 0 Å². The Labute approximate surface area is 166 Å². The van der Waals surface area contributed by atoms with Crippen LogP contribution in [0.2, 0.25) is 0 Å². The van der Waals surface area contributed by atoms with Crippen LogP contribution in [0.15, 0.2) is 70.4 Å². The van der Waals surface area contributed by atoms with E-state index in [0.29, 0.717) is 17.1 Å². The highest BCUT2D eigenvalue weighted by atomic mass is 16.5. The number of para-hydroxylation sites is 1. The molecule has 1 aromatic heterocycles. The standard InChI is InChI=1S/C22H17N3O4/c23-12-16-13-24(17-8-9-17)22(28)25(21(16)27)14-20(26)15-6-10-19(11-7-15)29-18-4-2-1-3-5-18/h1-7,10-11,13,17H,8-9,14H2. The van der Waals surface area contributed by atoms with Crippen LogP contribution < -0.4 is 16.0 Å². The molecule has 0 radical (unpaired) electrons. The first-order valence-electron chi connectivity index (χ1n) is 9.19. The summed E-state index contributed by atoms with van der Waals surface area (Å²) in [4.78, 5) is 37.7. The van der Waals surface area contributed by atoms with Crippen molar-refractivity contribution in [3.63, 3.8) is 0 Å². The topological polar surface area (TPSA) is 94.1 Å². The fraction of sp³-hybridized carbons (Fsp3) is 0.182. The van der Waals surface area contributed by atoms with Gasteiger partial charge in [0.05, 0.1) is 6.54 Å². The molecule has 0 atom stereocenters. The molecule has 0 bridgehead atoms. The maximum Gasteiger partial charge on any atom is 0.331 e. The third-order valence-corrected chi connectivity index (χ3v) is 4.71. The van der Waals surface area contributed by atoms with Gasteiger partial charge in [-0.05, 0) is 49.2 Å². The van der Waals surface area contributed by atoms with Crippen LogP contribution in [0.3, 0.4) is 0 Å². The lowest BCUT2D eigenvalue weighted by Crippen LogP contribution is -2.42. The van der Waals surface area contributed by atoms with Gasteiger partial charge in [-0.2, -0.15) is 5.26 Å². The maximum absolute atomic E-state index is 12.7. The van der Waals surface area contributed by atoms with E-state index in [0.717, 1.165) is 17.4 Å². The number of nitrogens with zero attached hydrogens (tertiary/aromatic N) is 3. The minimum atomic E-state index is -0.744. The van der Waals surface area contributed by atoms with Crippen molar-refractivity contribution < 1.29 is 9.53 Å². The van der Waals surface area contributed by atoms with E-state index in [1.54, 1.807) is 24.3 Å². The van der Waals surface area contributed by atoms with Crippen LogP contribution in [0.1, 0.15) is 34.8 Å². The summed E-state index contributed by atoms with van der Waals surface area (Å²) in [6.07, 6.45) is 2.93. The van der Waals surface area contributed by atoms with E-state index in [1.807, 2.05) is 36.4 Å². The van der Waals surface area contributed by atoms with Crippen molar-refractivity contribution in [1.82, 2.24) is 9.13 Å². The molecule has 3 aromatic rings. The number of ether oxygens (including phenoxy) is 1. The van der Waals surface area contributed by atoms with Gasteiger partial charge in [-0.25, -0.2) is 4.79 Å². The number of ketones is 1. The molecule has 1 saturated carbocycles. The Morgan fingerprint density at radius 1 is 1.03 bits per heavy atom. The molecule has 7 nitrogen and oxygen atoms in total. The quantitative estimate of drug-likeness (QED) is 0.606. The molecule has 0 unspecified atom stereocenters. The molecule has 0 amide bonds. The van der Waals surface area contributed by atoms with Crippen LogP contribution in [0.25, 0.3) is 0 Å². The monoisotopic (exact) mass is 387 g/mol. The second-order valence-electron chi connectivity index (χ2n) is 6.83. The number of hydrogen-bond donors (Lipinski definition) is 0. The van der Waals surface area contributed by atoms with Gasteiger partial charge in [0.1, 0.15) is 23.1 Å². The van der Waals surface area contributed by atoms with Gasteiger partial charge < -0.3 is 4.74 Å². The molecule has 1 aliphatic carbocycles. The van der Waals surface area contributed by atoms with Gasteiger partial charge in [0, 0.05) is 17.8 Å². The van der Waals surface area contributed by atoms with Gasteiger partial charge in [0.2, 0.25) is 0 Å². The average Bonchev–Trinajstić information content (AvgIpc) is 3.58. The number of aromatic nitrogens is 2. The Kier molecular flexibility index (Phi) is 4.83. The Balaban J connectivity index is 1.57. The Hall–Kier alpha value is -3.92. The van der Waals surface area contributed by atoms with Gasteiger partial charge in [-0.15, -0.1) is 0 Å². The average molecular weight is 387 g/mol. The van der Waals surface area contributed by atoms with Crippen molar-refractivity contribution in [3.8, 4) is 17.6 Å². The molecule has 1 heterocycles. The summed E-state index contributed by atoms with van der Waals surface area (Å²) in [6, 6.07) is 17.5. The fourth-order valence-electron chi connectivity index (χ4n) is 3.02. The summed E-state index contributed by atoms with van der Waals surface area (Å²) in [5.74, 6) is 0.840. The van der Waals surface area contributed by atoms with Gasteiger partial charge in [0.25, 0.3) is 5.56 Å². The Bertz CT molecular complexity index is 1210. The number of benzene rings is 2. The number of rotatable bonds is 6. The van der Waals surface area contributed by atoms with Gasteiger partial charge in [0.15, 0.2) is 5.78 Å². The van der Waals surface area contributed by atoms with Crippen LogP contribution in [0.4, 0.5) is 0 Å². The first-order chi connectivity index (χ1) is 14.1. The first-order valence-corrected chi connectivity index (χ1v) is 9.19. The zero-order chi connectivity index (χ0) is 20.4. The molecule has 1 fully saturated rings. The van der Waals surface area contributed by atoms with Crippen LogP contribution in [-0.4, -0.2) is 14.9 Å². The minimum Gasteiger partial charge on any atom is -0.457 e. The summed E-state index contributed by atoms with van der Waals surface area (Å²) in [6.45, 7) is -0.418. The molecule has 1 aliphatic rings. The number of carbonyl (C=O) groups is 1. The third kappa shape index (κ3) is 3.87. The van der Waals surface area contributed by atoms with Crippen molar-refractivity contribution in [2.45, 2.75) is 25.4 Å². The first kappa shape index (κ1) is 18.4. The smallest absolute Gasteiger partial charge is 0.331 e. The molecular formula is C22H17N3O4. The van der Waals surface area contributed by atoms with Gasteiger partial charge >= 0.3 is 5.69 Å². The lowest BCUT2D eigenvalue weighted by molar-refractivity contribution is 0.0968. The summed E-state index contributed by atoms with van der Waals surface area (Å²) in [5.41, 5.74) is -1.10. The van der Waals surface area contributed by atoms with E-state index in [2.05, 4.69) is 0 Å². The number of Topliss-reactive ketones (excluding diaryl/α,β-unsaturated/α-hetero) is 1. The van der Waals surface area contributed by atoms with Gasteiger partial charge in [-0.3, -0.25) is 18.7 Å². The second-order valence-corrected chi connectivity index (χ2v) is 6.83. The number of hydrogen-bond acceptors (Lipinski definition) is 5. The van der Waals surface area contributed by atoms with Crippen molar-refractivity contribution in [1.29, 1.82) is 5.26 Å². The molecule has 0 aliphatic heterocycles. The van der Waals surface area contributed by atoms with Crippen LogP contribution in [0, 0.1) is 11.3 Å². The molecular weight excluding hydrogens is 370 g/mol. The fourth-order valence-corrected chi connectivity index (χ4v) is 3.02. The predicted molar refractivity (Wildman–Crippen MR) is 105 cm³/mol. The normalized spacial score (nSPS) is 12.9. The molecule has 0 N–H and O–H groups in total. The molecule has 0 spiro atoms. The van der Waals surface area contributed by atoms with Crippen LogP contribution in [0.5, 0.6) is 11.5 Å². The van der Waals surface area contributed by atoms with E-state index in [4.69, 9.17) is 4.74 Å². The highest BCUT2D eigenvalue weighted by Gasteiger charge is 2.27. The van der Waals surface area contributed by atoms with Crippen molar-refractivity contribution >= 4 is 5.78 Å². The van der Waals surface area contributed by atoms with E-state index in [-0.39, 0.29) is 11.6 Å². The summed E-state index contributed by atoms with van der Waals surface area (Å²) >= 11 is 0. The van der Waals surface area contributed by atoms with E-state index >= 15 is 0 Å². The van der Waals surface area contributed by atoms with E-state index < -0.39 is 23.6 Å². The summed E-state index contributed by atoms with van der Waals surface area (Å²) in [5, 5.41) is 9.19. The SMILES string of the molecule is N#Cc1cn(C2CC2)c(=O)n(CC(=O)c2ccc(Oc3ccccc3)cc2)c1=O. The highest BCUT2D eigenvalue weighted by Crippen LogP contribution is 2.33.